The van der Waals surface area contributed by atoms with Gasteiger partial charge in [0.1, 0.15) is 0 Å². The van der Waals surface area contributed by atoms with Crippen LogP contribution in [-0.2, 0) is 6.54 Å². The number of rotatable bonds is 6. The molecular formula is C14H24N4O. The Bertz CT molecular complexity index is 402. The number of hydrogen-bond acceptors (Lipinski definition) is 5. The van der Waals surface area contributed by atoms with Gasteiger partial charge in [0.15, 0.2) is 5.82 Å². The minimum absolute atomic E-state index is 0.584. The van der Waals surface area contributed by atoms with Crippen LogP contribution < -0.4 is 5.32 Å². The minimum atomic E-state index is 0.584. The van der Waals surface area contributed by atoms with Gasteiger partial charge in [-0.05, 0) is 51.2 Å². The molecule has 1 unspecified atom stereocenters. The van der Waals surface area contributed by atoms with Gasteiger partial charge in [0, 0.05) is 12.5 Å². The Kier molecular flexibility index (Phi) is 4.13. The Labute approximate surface area is 114 Å². The van der Waals surface area contributed by atoms with Crippen LogP contribution >= 0.6 is 0 Å². The third kappa shape index (κ3) is 3.54. The van der Waals surface area contributed by atoms with E-state index in [4.69, 9.17) is 4.52 Å². The Morgan fingerprint density at radius 1 is 1.37 bits per heavy atom. The second-order valence-electron chi connectivity index (χ2n) is 5.87. The molecule has 1 atom stereocenters. The highest BCUT2D eigenvalue weighted by molar-refractivity contribution is 5.03. The zero-order chi connectivity index (χ0) is 13.1. The van der Waals surface area contributed by atoms with Crippen molar-refractivity contribution < 1.29 is 4.52 Å². The lowest BCUT2D eigenvalue weighted by Crippen LogP contribution is -2.39. The molecule has 5 heteroatoms. The van der Waals surface area contributed by atoms with Gasteiger partial charge in [-0.3, -0.25) is 4.90 Å². The molecule has 19 heavy (non-hydrogen) atoms. The van der Waals surface area contributed by atoms with E-state index in [1.165, 1.54) is 25.7 Å². The summed E-state index contributed by atoms with van der Waals surface area (Å²) in [6.07, 6.45) is 5.07. The predicted octanol–water partition coefficient (Wildman–Crippen LogP) is 1.77. The Balaban J connectivity index is 1.50. The van der Waals surface area contributed by atoms with Crippen LogP contribution in [0, 0.1) is 5.92 Å². The standard InChI is InChI=1S/C14H24N4O/c1-2-15-8-11-4-3-7-18(9-11)10-13-16-14(17-19-13)12-5-6-12/h11-12,15H,2-10H2,1H3. The summed E-state index contributed by atoms with van der Waals surface area (Å²) in [5, 5.41) is 7.54. The number of likely N-dealkylation sites (tertiary alicyclic amines) is 1. The van der Waals surface area contributed by atoms with Crippen LogP contribution in [0.2, 0.25) is 0 Å². The Hall–Kier alpha value is -0.940. The lowest BCUT2D eigenvalue weighted by atomic mass is 9.98. The van der Waals surface area contributed by atoms with Crippen molar-refractivity contribution in [2.24, 2.45) is 5.92 Å². The molecule has 1 aliphatic carbocycles. The maximum atomic E-state index is 5.37. The van der Waals surface area contributed by atoms with Gasteiger partial charge in [-0.2, -0.15) is 4.98 Å². The SMILES string of the molecule is CCNCC1CCCN(Cc2nc(C3CC3)no2)C1. The van der Waals surface area contributed by atoms with Crippen molar-refractivity contribution in [1.29, 1.82) is 0 Å². The van der Waals surface area contributed by atoms with E-state index < -0.39 is 0 Å². The van der Waals surface area contributed by atoms with Gasteiger partial charge in [-0.15, -0.1) is 0 Å². The number of hydrogen-bond donors (Lipinski definition) is 1. The van der Waals surface area contributed by atoms with Crippen molar-refractivity contribution in [3.8, 4) is 0 Å². The van der Waals surface area contributed by atoms with Crippen LogP contribution in [0.15, 0.2) is 4.52 Å². The van der Waals surface area contributed by atoms with Crippen LogP contribution in [0.5, 0.6) is 0 Å². The largest absolute Gasteiger partial charge is 0.338 e. The fourth-order valence-corrected chi connectivity index (χ4v) is 2.84. The van der Waals surface area contributed by atoms with Gasteiger partial charge in [0.2, 0.25) is 5.89 Å². The van der Waals surface area contributed by atoms with Crippen LogP contribution in [0.3, 0.4) is 0 Å². The normalized spacial score (nSPS) is 24.8. The van der Waals surface area contributed by atoms with Crippen molar-refractivity contribution in [3.63, 3.8) is 0 Å². The fraction of sp³-hybridized carbons (Fsp3) is 0.857. The molecule has 0 radical (unpaired) electrons. The van der Waals surface area contributed by atoms with Gasteiger partial charge in [-0.25, -0.2) is 0 Å². The lowest BCUT2D eigenvalue weighted by Gasteiger charge is -2.31. The van der Waals surface area contributed by atoms with Crippen LogP contribution in [0.4, 0.5) is 0 Å². The molecule has 1 saturated carbocycles. The maximum absolute atomic E-state index is 5.37. The molecule has 1 saturated heterocycles. The molecule has 0 bridgehead atoms. The summed E-state index contributed by atoms with van der Waals surface area (Å²) >= 11 is 0. The molecule has 1 aromatic rings. The summed E-state index contributed by atoms with van der Waals surface area (Å²) in [7, 11) is 0. The summed E-state index contributed by atoms with van der Waals surface area (Å²) in [5.41, 5.74) is 0. The van der Waals surface area contributed by atoms with E-state index in [1.54, 1.807) is 0 Å². The molecule has 1 aliphatic heterocycles. The molecule has 0 amide bonds. The molecule has 106 valence electrons. The molecule has 5 nitrogen and oxygen atoms in total. The summed E-state index contributed by atoms with van der Waals surface area (Å²) < 4.78 is 5.37. The molecule has 1 N–H and O–H groups in total. The van der Waals surface area contributed by atoms with Crippen molar-refractivity contribution >= 4 is 0 Å². The molecule has 1 aromatic heterocycles. The number of nitrogens with zero attached hydrogens (tertiary/aromatic N) is 3. The van der Waals surface area contributed by atoms with E-state index in [9.17, 15) is 0 Å². The minimum Gasteiger partial charge on any atom is -0.338 e. The van der Waals surface area contributed by atoms with Gasteiger partial charge < -0.3 is 9.84 Å². The molecular weight excluding hydrogens is 240 g/mol. The third-order valence-corrected chi connectivity index (χ3v) is 4.07. The zero-order valence-corrected chi connectivity index (χ0v) is 11.8. The maximum Gasteiger partial charge on any atom is 0.240 e. The summed E-state index contributed by atoms with van der Waals surface area (Å²) in [6, 6.07) is 0. The van der Waals surface area contributed by atoms with Crippen molar-refractivity contribution in [1.82, 2.24) is 20.4 Å². The average Bonchev–Trinajstić information content (AvgIpc) is 3.18. The number of aromatic nitrogens is 2. The third-order valence-electron chi connectivity index (χ3n) is 4.07. The van der Waals surface area contributed by atoms with Crippen molar-refractivity contribution in [2.45, 2.75) is 45.1 Å². The molecule has 0 spiro atoms. The number of nitrogens with one attached hydrogen (secondary N) is 1. The van der Waals surface area contributed by atoms with Gasteiger partial charge >= 0.3 is 0 Å². The predicted molar refractivity (Wildman–Crippen MR) is 72.8 cm³/mol. The van der Waals surface area contributed by atoms with Gasteiger partial charge in [0.25, 0.3) is 0 Å². The summed E-state index contributed by atoms with van der Waals surface area (Å²) in [6.45, 7) is 7.48. The van der Waals surface area contributed by atoms with Crippen molar-refractivity contribution in [2.75, 3.05) is 26.2 Å². The first-order valence-electron chi connectivity index (χ1n) is 7.60. The zero-order valence-electron chi connectivity index (χ0n) is 11.8. The molecule has 2 fully saturated rings. The molecule has 3 rings (SSSR count). The molecule has 2 aliphatic rings. The van der Waals surface area contributed by atoms with E-state index in [0.29, 0.717) is 5.92 Å². The van der Waals surface area contributed by atoms with E-state index in [-0.39, 0.29) is 0 Å². The first-order valence-corrected chi connectivity index (χ1v) is 7.60. The number of piperidine rings is 1. The Morgan fingerprint density at radius 3 is 3.05 bits per heavy atom. The first-order chi connectivity index (χ1) is 9.35. The van der Waals surface area contributed by atoms with E-state index >= 15 is 0 Å². The highest BCUT2D eigenvalue weighted by Crippen LogP contribution is 2.38. The second kappa shape index (κ2) is 6.01. The van der Waals surface area contributed by atoms with E-state index in [0.717, 1.165) is 50.4 Å². The van der Waals surface area contributed by atoms with Crippen LogP contribution in [0.1, 0.15) is 50.2 Å². The summed E-state index contributed by atoms with van der Waals surface area (Å²) in [5.74, 6) is 3.07. The monoisotopic (exact) mass is 264 g/mol. The molecule has 2 heterocycles. The van der Waals surface area contributed by atoms with Gasteiger partial charge in [0.05, 0.1) is 6.54 Å². The fourth-order valence-electron chi connectivity index (χ4n) is 2.84. The Morgan fingerprint density at radius 2 is 2.26 bits per heavy atom. The van der Waals surface area contributed by atoms with Gasteiger partial charge in [-0.1, -0.05) is 12.1 Å². The average molecular weight is 264 g/mol. The highest BCUT2D eigenvalue weighted by Gasteiger charge is 2.29. The smallest absolute Gasteiger partial charge is 0.240 e. The second-order valence-corrected chi connectivity index (χ2v) is 5.87. The van der Waals surface area contributed by atoms with Crippen LogP contribution in [0.25, 0.3) is 0 Å². The highest BCUT2D eigenvalue weighted by atomic mass is 16.5. The lowest BCUT2D eigenvalue weighted by molar-refractivity contribution is 0.149. The first kappa shape index (κ1) is 13.1. The van der Waals surface area contributed by atoms with Crippen molar-refractivity contribution in [3.05, 3.63) is 11.7 Å². The summed E-state index contributed by atoms with van der Waals surface area (Å²) in [4.78, 5) is 6.97. The van der Waals surface area contributed by atoms with E-state index in [1.807, 2.05) is 0 Å². The van der Waals surface area contributed by atoms with E-state index in [2.05, 4.69) is 27.3 Å². The quantitative estimate of drug-likeness (QED) is 0.848. The topological polar surface area (TPSA) is 54.2 Å². The molecule has 0 aromatic carbocycles. The van der Waals surface area contributed by atoms with Crippen LogP contribution in [-0.4, -0.2) is 41.2 Å².